The van der Waals surface area contributed by atoms with Crippen molar-refractivity contribution in [2.24, 2.45) is 5.73 Å². The average molecular weight is 212 g/mol. The van der Waals surface area contributed by atoms with Gasteiger partial charge < -0.3 is 15.9 Å². The van der Waals surface area contributed by atoms with E-state index >= 15 is 0 Å². The van der Waals surface area contributed by atoms with E-state index < -0.39 is 27.9 Å². The molecule has 0 aliphatic carbocycles. The number of nitrogens with two attached hydrogens (primary N) is 1. The van der Waals surface area contributed by atoms with Crippen molar-refractivity contribution >= 4 is 11.5 Å². The van der Waals surface area contributed by atoms with Crippen LogP contribution in [0, 0.1) is 10.1 Å². The number of nitro groups is 1. The fraction of sp³-hybridized carbons (Fsp3) is 0.125. The zero-order chi connectivity index (χ0) is 11.6. The van der Waals surface area contributed by atoms with Gasteiger partial charge in [0.25, 0.3) is 0 Å². The molecule has 4 N–H and O–H groups in total. The molecule has 0 fully saturated rings. The van der Waals surface area contributed by atoms with Gasteiger partial charge in [-0.25, -0.2) is 0 Å². The summed E-state index contributed by atoms with van der Waals surface area (Å²) in [4.78, 5) is 20.6. The van der Waals surface area contributed by atoms with Gasteiger partial charge in [-0.15, -0.1) is 0 Å². The molecule has 7 nitrogen and oxygen atoms in total. The van der Waals surface area contributed by atoms with E-state index in [0.29, 0.717) is 0 Å². The third-order valence-electron chi connectivity index (χ3n) is 1.77. The molecule has 0 saturated carbocycles. The summed E-state index contributed by atoms with van der Waals surface area (Å²) in [5.41, 5.74) is 4.21. The van der Waals surface area contributed by atoms with Crippen LogP contribution in [-0.2, 0) is 0 Å². The van der Waals surface area contributed by atoms with E-state index in [0.717, 1.165) is 12.1 Å². The number of ketones is 1. The molecule has 0 radical (unpaired) electrons. The summed E-state index contributed by atoms with van der Waals surface area (Å²) in [5.74, 6) is -2.15. The molecular weight excluding hydrogens is 204 g/mol. The largest absolute Gasteiger partial charge is 0.504 e. The third kappa shape index (κ3) is 2.02. The van der Waals surface area contributed by atoms with Crippen LogP contribution in [0.4, 0.5) is 5.69 Å². The molecule has 0 heterocycles. The van der Waals surface area contributed by atoms with Crippen molar-refractivity contribution in [3.63, 3.8) is 0 Å². The number of carbonyl (C=O) groups excluding carboxylic acids is 1. The van der Waals surface area contributed by atoms with Gasteiger partial charge in [0, 0.05) is 11.6 Å². The lowest BCUT2D eigenvalue weighted by Crippen LogP contribution is -2.13. The molecule has 80 valence electrons. The molecule has 1 aromatic rings. The average Bonchev–Trinajstić information content (AvgIpc) is 2.20. The standard InChI is InChI=1S/C8H8N2O5/c9-3-7(12)4-1-5(10(14)15)8(13)6(11)2-4/h1-2,11,13H,3,9H2. The molecule has 0 unspecified atom stereocenters. The van der Waals surface area contributed by atoms with Crippen LogP contribution in [0.2, 0.25) is 0 Å². The highest BCUT2D eigenvalue weighted by atomic mass is 16.6. The van der Waals surface area contributed by atoms with E-state index in [2.05, 4.69) is 0 Å². The maximum Gasteiger partial charge on any atom is 0.315 e. The van der Waals surface area contributed by atoms with Crippen LogP contribution >= 0.6 is 0 Å². The number of hydrogen-bond acceptors (Lipinski definition) is 6. The van der Waals surface area contributed by atoms with Crippen LogP contribution < -0.4 is 5.73 Å². The summed E-state index contributed by atoms with van der Waals surface area (Å²) >= 11 is 0. The van der Waals surface area contributed by atoms with Crippen LogP contribution in [0.25, 0.3) is 0 Å². The lowest BCUT2D eigenvalue weighted by Gasteiger charge is -2.02. The maximum absolute atomic E-state index is 11.1. The van der Waals surface area contributed by atoms with Gasteiger partial charge in [0.2, 0.25) is 5.75 Å². The molecule has 0 amide bonds. The van der Waals surface area contributed by atoms with Crippen molar-refractivity contribution in [2.75, 3.05) is 6.54 Å². The second-order valence-electron chi connectivity index (χ2n) is 2.75. The minimum atomic E-state index is -0.900. The van der Waals surface area contributed by atoms with Crippen molar-refractivity contribution in [2.45, 2.75) is 0 Å². The summed E-state index contributed by atoms with van der Waals surface area (Å²) in [7, 11) is 0. The molecule has 0 spiro atoms. The fourth-order valence-electron chi connectivity index (χ4n) is 1.02. The van der Waals surface area contributed by atoms with Crippen LogP contribution in [0.1, 0.15) is 10.4 Å². The molecule has 0 saturated heterocycles. The molecule has 1 rings (SSSR count). The first-order chi connectivity index (χ1) is 6.97. The minimum absolute atomic E-state index is 0.112. The highest BCUT2D eigenvalue weighted by molar-refractivity contribution is 5.98. The van der Waals surface area contributed by atoms with E-state index in [1.54, 1.807) is 0 Å². The van der Waals surface area contributed by atoms with Crippen LogP contribution in [0.15, 0.2) is 12.1 Å². The third-order valence-corrected chi connectivity index (χ3v) is 1.77. The lowest BCUT2D eigenvalue weighted by atomic mass is 10.1. The SMILES string of the molecule is NCC(=O)c1cc(O)c(O)c([N+](=O)[O-])c1. The number of aromatic hydroxyl groups is 2. The van der Waals surface area contributed by atoms with E-state index in [9.17, 15) is 14.9 Å². The molecule has 0 aromatic heterocycles. The first kappa shape index (κ1) is 10.9. The number of benzene rings is 1. The summed E-state index contributed by atoms with van der Waals surface area (Å²) in [6, 6.07) is 1.79. The Hall–Kier alpha value is -2.15. The van der Waals surface area contributed by atoms with Gasteiger partial charge in [-0.05, 0) is 6.07 Å². The number of nitro benzene ring substituents is 1. The Morgan fingerprint density at radius 2 is 2.07 bits per heavy atom. The Balaban J connectivity index is 3.35. The summed E-state index contributed by atoms with van der Waals surface area (Å²) < 4.78 is 0. The van der Waals surface area contributed by atoms with Crippen molar-refractivity contribution in [1.82, 2.24) is 0 Å². The molecule has 15 heavy (non-hydrogen) atoms. The Morgan fingerprint density at radius 3 is 2.53 bits per heavy atom. The highest BCUT2D eigenvalue weighted by Crippen LogP contribution is 2.35. The fourth-order valence-corrected chi connectivity index (χ4v) is 1.02. The number of hydrogen-bond donors (Lipinski definition) is 3. The number of phenolic OH excluding ortho intramolecular Hbond substituents is 2. The Kier molecular flexibility index (Phi) is 2.86. The number of phenols is 2. The summed E-state index contributed by atoms with van der Waals surface area (Å²) in [6.07, 6.45) is 0. The number of carbonyl (C=O) groups is 1. The van der Waals surface area contributed by atoms with E-state index in [1.165, 1.54) is 0 Å². The van der Waals surface area contributed by atoms with Gasteiger partial charge >= 0.3 is 5.69 Å². The van der Waals surface area contributed by atoms with Crippen LogP contribution in [0.3, 0.4) is 0 Å². The highest BCUT2D eigenvalue weighted by Gasteiger charge is 2.20. The smallest absolute Gasteiger partial charge is 0.315 e. The lowest BCUT2D eigenvalue weighted by molar-refractivity contribution is -0.386. The van der Waals surface area contributed by atoms with Gasteiger partial charge in [0.1, 0.15) is 0 Å². The Morgan fingerprint density at radius 1 is 1.47 bits per heavy atom. The first-order valence-corrected chi connectivity index (χ1v) is 3.91. The molecule has 7 heteroatoms. The number of nitrogens with zero attached hydrogens (tertiary/aromatic N) is 1. The summed E-state index contributed by atoms with van der Waals surface area (Å²) in [5, 5.41) is 28.7. The van der Waals surface area contributed by atoms with Gasteiger partial charge in [0.15, 0.2) is 11.5 Å². The van der Waals surface area contributed by atoms with Gasteiger partial charge in [0.05, 0.1) is 11.5 Å². The predicted molar refractivity (Wildman–Crippen MR) is 49.8 cm³/mol. The van der Waals surface area contributed by atoms with Gasteiger partial charge in [-0.1, -0.05) is 0 Å². The monoisotopic (exact) mass is 212 g/mol. The van der Waals surface area contributed by atoms with Crippen molar-refractivity contribution in [3.8, 4) is 11.5 Å². The zero-order valence-electron chi connectivity index (χ0n) is 7.51. The van der Waals surface area contributed by atoms with E-state index in [-0.39, 0.29) is 12.1 Å². The second kappa shape index (κ2) is 3.93. The molecular formula is C8H8N2O5. The van der Waals surface area contributed by atoms with Crippen LogP contribution in [0.5, 0.6) is 11.5 Å². The van der Waals surface area contributed by atoms with Gasteiger partial charge in [-0.3, -0.25) is 14.9 Å². The Labute approximate surface area is 83.9 Å². The second-order valence-corrected chi connectivity index (χ2v) is 2.75. The maximum atomic E-state index is 11.1. The van der Waals surface area contributed by atoms with E-state index in [4.69, 9.17) is 15.9 Å². The van der Waals surface area contributed by atoms with Crippen LogP contribution in [-0.4, -0.2) is 27.5 Å². The molecule has 1 aromatic carbocycles. The van der Waals surface area contributed by atoms with E-state index in [1.807, 2.05) is 0 Å². The predicted octanol–water partition coefficient (Wildman–Crippen LogP) is 0.147. The zero-order valence-corrected chi connectivity index (χ0v) is 7.51. The molecule has 0 aliphatic rings. The van der Waals surface area contributed by atoms with Gasteiger partial charge in [-0.2, -0.15) is 0 Å². The first-order valence-electron chi connectivity index (χ1n) is 3.91. The molecule has 0 atom stereocenters. The minimum Gasteiger partial charge on any atom is -0.504 e. The normalized spacial score (nSPS) is 9.93. The summed E-state index contributed by atoms with van der Waals surface area (Å²) in [6.45, 7) is -0.332. The molecule has 0 aliphatic heterocycles. The number of rotatable bonds is 3. The van der Waals surface area contributed by atoms with Crippen molar-refractivity contribution < 1.29 is 19.9 Å². The van der Waals surface area contributed by atoms with Crippen molar-refractivity contribution in [1.29, 1.82) is 0 Å². The van der Waals surface area contributed by atoms with Crippen molar-refractivity contribution in [3.05, 3.63) is 27.8 Å². The Bertz CT molecular complexity index is 429. The number of Topliss-reactive ketones (excluding diaryl/α,β-unsaturated/α-hetero) is 1. The quantitative estimate of drug-likeness (QED) is 0.283. The topological polar surface area (TPSA) is 127 Å². The molecule has 0 bridgehead atoms.